The summed E-state index contributed by atoms with van der Waals surface area (Å²) >= 11 is 0. The molecule has 2 atom stereocenters. The summed E-state index contributed by atoms with van der Waals surface area (Å²) in [5.74, 6) is -1.09. The second-order valence-electron chi connectivity index (χ2n) is 6.07. The van der Waals surface area contributed by atoms with Crippen molar-refractivity contribution in [2.75, 3.05) is 13.1 Å². The van der Waals surface area contributed by atoms with Crippen molar-refractivity contribution in [2.24, 2.45) is 11.8 Å². The number of nitrogens with one attached hydrogen (secondary N) is 1. The van der Waals surface area contributed by atoms with E-state index in [-0.39, 0.29) is 18.2 Å². The van der Waals surface area contributed by atoms with Crippen LogP contribution in [-0.2, 0) is 16.0 Å². The molecule has 0 saturated carbocycles. The third-order valence-electron chi connectivity index (χ3n) is 4.24. The van der Waals surface area contributed by atoms with Gasteiger partial charge in [-0.2, -0.15) is 0 Å². The van der Waals surface area contributed by atoms with E-state index >= 15 is 0 Å². The molecular weight excluding hydrogens is 282 g/mol. The minimum absolute atomic E-state index is 0.0254. The normalized spacial score (nSPS) is 22.0. The van der Waals surface area contributed by atoms with Gasteiger partial charge in [-0.15, -0.1) is 0 Å². The molecule has 6 heteroatoms. The summed E-state index contributed by atoms with van der Waals surface area (Å²) in [4.78, 5) is 32.7. The second-order valence-corrected chi connectivity index (χ2v) is 6.07. The van der Waals surface area contributed by atoms with Gasteiger partial charge in [-0.1, -0.05) is 6.92 Å². The van der Waals surface area contributed by atoms with Gasteiger partial charge in [0.1, 0.15) is 5.65 Å². The number of rotatable bonds is 3. The Morgan fingerprint density at radius 2 is 2.27 bits per heavy atom. The number of nitrogens with zero attached hydrogens (tertiary/aromatic N) is 2. The summed E-state index contributed by atoms with van der Waals surface area (Å²) in [6.07, 6.45) is 4.41. The quantitative estimate of drug-likeness (QED) is 0.903. The molecule has 116 valence electrons. The van der Waals surface area contributed by atoms with Crippen molar-refractivity contribution in [1.29, 1.82) is 0 Å². The Bertz CT molecular complexity index is 709. The van der Waals surface area contributed by atoms with Gasteiger partial charge in [0.05, 0.1) is 12.3 Å². The number of hydrogen-bond donors (Lipinski definition) is 2. The summed E-state index contributed by atoms with van der Waals surface area (Å²) in [6.45, 7) is 2.92. The number of H-pyrrole nitrogens is 1. The molecule has 6 nitrogen and oxygen atoms in total. The number of likely N-dealkylation sites (tertiary alicyclic amines) is 1. The topological polar surface area (TPSA) is 86.3 Å². The Kier molecular flexibility index (Phi) is 3.83. The third kappa shape index (κ3) is 2.81. The first kappa shape index (κ1) is 14.6. The number of pyridine rings is 1. The van der Waals surface area contributed by atoms with Crippen LogP contribution in [0.4, 0.5) is 0 Å². The number of amides is 1. The predicted octanol–water partition coefficient (Wildman–Crippen LogP) is 1.67. The average molecular weight is 301 g/mol. The zero-order valence-electron chi connectivity index (χ0n) is 12.5. The van der Waals surface area contributed by atoms with E-state index < -0.39 is 11.9 Å². The van der Waals surface area contributed by atoms with Gasteiger partial charge in [-0.05, 0) is 30.0 Å². The largest absolute Gasteiger partial charge is 0.481 e. The van der Waals surface area contributed by atoms with E-state index in [2.05, 4.69) is 9.97 Å². The highest BCUT2D eigenvalue weighted by Gasteiger charge is 2.31. The summed E-state index contributed by atoms with van der Waals surface area (Å²) in [7, 11) is 0. The van der Waals surface area contributed by atoms with Gasteiger partial charge >= 0.3 is 5.97 Å². The van der Waals surface area contributed by atoms with Crippen LogP contribution in [0.15, 0.2) is 24.5 Å². The molecule has 2 aromatic heterocycles. The lowest BCUT2D eigenvalue weighted by molar-refractivity contribution is -0.146. The van der Waals surface area contributed by atoms with E-state index in [0.29, 0.717) is 19.5 Å². The molecular formula is C16H19N3O3. The van der Waals surface area contributed by atoms with Crippen LogP contribution in [0.25, 0.3) is 11.0 Å². The molecule has 1 aliphatic rings. The third-order valence-corrected chi connectivity index (χ3v) is 4.24. The van der Waals surface area contributed by atoms with E-state index in [1.54, 1.807) is 17.3 Å². The first-order chi connectivity index (χ1) is 10.5. The van der Waals surface area contributed by atoms with Crippen molar-refractivity contribution >= 4 is 22.9 Å². The standard InChI is InChI=1S/C16H19N3O3/c1-10-5-12(16(21)22)9-19(8-10)14(20)6-11-7-18-15-13(11)3-2-4-17-15/h2-4,7,10,12H,5-6,8-9H2,1H3,(H,17,18)(H,21,22). The van der Waals surface area contributed by atoms with E-state index in [1.165, 1.54) is 0 Å². The predicted molar refractivity (Wildman–Crippen MR) is 81.3 cm³/mol. The molecule has 0 radical (unpaired) electrons. The number of piperidine rings is 1. The molecule has 3 heterocycles. The zero-order chi connectivity index (χ0) is 15.7. The van der Waals surface area contributed by atoms with Gasteiger partial charge in [-0.25, -0.2) is 4.98 Å². The molecule has 22 heavy (non-hydrogen) atoms. The van der Waals surface area contributed by atoms with Crippen LogP contribution < -0.4 is 0 Å². The van der Waals surface area contributed by atoms with Crippen LogP contribution in [0, 0.1) is 11.8 Å². The van der Waals surface area contributed by atoms with Gasteiger partial charge in [0.15, 0.2) is 0 Å². The monoisotopic (exact) mass is 301 g/mol. The molecule has 1 fully saturated rings. The van der Waals surface area contributed by atoms with Crippen molar-refractivity contribution in [2.45, 2.75) is 19.8 Å². The lowest BCUT2D eigenvalue weighted by Crippen LogP contribution is -2.46. The Labute approximate surface area is 128 Å². The lowest BCUT2D eigenvalue weighted by atomic mass is 9.90. The molecule has 2 N–H and O–H groups in total. The van der Waals surface area contributed by atoms with Crippen molar-refractivity contribution in [3.63, 3.8) is 0 Å². The average Bonchev–Trinajstić information content (AvgIpc) is 2.90. The molecule has 0 aliphatic carbocycles. The van der Waals surface area contributed by atoms with Crippen LogP contribution in [-0.4, -0.2) is 44.9 Å². The van der Waals surface area contributed by atoms with Crippen LogP contribution in [0.1, 0.15) is 18.9 Å². The number of aromatic nitrogens is 2. The van der Waals surface area contributed by atoms with Crippen LogP contribution in [0.3, 0.4) is 0 Å². The first-order valence-electron chi connectivity index (χ1n) is 7.46. The maximum absolute atomic E-state index is 12.5. The minimum atomic E-state index is -0.819. The van der Waals surface area contributed by atoms with Gasteiger partial charge in [0, 0.05) is 30.9 Å². The molecule has 3 rings (SSSR count). The van der Waals surface area contributed by atoms with E-state index in [4.69, 9.17) is 0 Å². The van der Waals surface area contributed by atoms with Gasteiger partial charge < -0.3 is 15.0 Å². The fraction of sp³-hybridized carbons (Fsp3) is 0.438. The maximum Gasteiger partial charge on any atom is 0.308 e. The number of fused-ring (bicyclic) bond motifs is 1. The number of hydrogen-bond acceptors (Lipinski definition) is 3. The lowest BCUT2D eigenvalue weighted by Gasteiger charge is -2.34. The van der Waals surface area contributed by atoms with Crippen molar-refractivity contribution in [3.05, 3.63) is 30.1 Å². The minimum Gasteiger partial charge on any atom is -0.481 e. The first-order valence-corrected chi connectivity index (χ1v) is 7.46. The van der Waals surface area contributed by atoms with E-state index in [9.17, 15) is 14.7 Å². The number of carboxylic acids is 1. The highest BCUT2D eigenvalue weighted by Crippen LogP contribution is 2.23. The fourth-order valence-electron chi connectivity index (χ4n) is 3.17. The zero-order valence-corrected chi connectivity index (χ0v) is 12.5. The van der Waals surface area contributed by atoms with Crippen LogP contribution >= 0.6 is 0 Å². The number of carbonyl (C=O) groups excluding carboxylic acids is 1. The summed E-state index contributed by atoms with van der Waals surface area (Å²) in [6, 6.07) is 3.77. The number of carboxylic acid groups (broad SMARTS) is 1. The van der Waals surface area contributed by atoms with Crippen LogP contribution in [0.5, 0.6) is 0 Å². The number of aliphatic carboxylic acids is 1. The smallest absolute Gasteiger partial charge is 0.308 e. The molecule has 1 amide bonds. The molecule has 0 bridgehead atoms. The summed E-state index contributed by atoms with van der Waals surface area (Å²) in [5, 5.41) is 10.1. The van der Waals surface area contributed by atoms with Crippen LogP contribution in [0.2, 0.25) is 0 Å². The van der Waals surface area contributed by atoms with Gasteiger partial charge in [0.2, 0.25) is 5.91 Å². The molecule has 1 aliphatic heterocycles. The molecule has 0 spiro atoms. The maximum atomic E-state index is 12.5. The van der Waals surface area contributed by atoms with Crippen molar-refractivity contribution < 1.29 is 14.7 Å². The Balaban J connectivity index is 1.75. The number of carbonyl (C=O) groups is 2. The van der Waals surface area contributed by atoms with Crippen molar-refractivity contribution in [3.8, 4) is 0 Å². The second kappa shape index (κ2) is 5.79. The molecule has 0 aromatic carbocycles. The molecule has 2 aromatic rings. The summed E-state index contributed by atoms with van der Waals surface area (Å²) in [5.41, 5.74) is 1.67. The van der Waals surface area contributed by atoms with Gasteiger partial charge in [0.25, 0.3) is 0 Å². The Hall–Kier alpha value is -2.37. The SMILES string of the molecule is CC1CC(C(=O)O)CN(C(=O)Cc2c[nH]c3ncccc23)C1. The van der Waals surface area contributed by atoms with Crippen molar-refractivity contribution in [1.82, 2.24) is 14.9 Å². The number of aromatic amines is 1. The van der Waals surface area contributed by atoms with E-state index in [0.717, 1.165) is 16.6 Å². The van der Waals surface area contributed by atoms with Gasteiger partial charge in [-0.3, -0.25) is 9.59 Å². The fourth-order valence-corrected chi connectivity index (χ4v) is 3.17. The van der Waals surface area contributed by atoms with E-state index in [1.807, 2.05) is 19.1 Å². The summed E-state index contributed by atoms with van der Waals surface area (Å²) < 4.78 is 0. The molecule has 2 unspecified atom stereocenters. The Morgan fingerprint density at radius 1 is 1.45 bits per heavy atom. The Morgan fingerprint density at radius 3 is 3.05 bits per heavy atom. The highest BCUT2D eigenvalue weighted by molar-refractivity contribution is 5.87. The molecule has 1 saturated heterocycles. The highest BCUT2D eigenvalue weighted by atomic mass is 16.4.